The molecule has 25 heavy (non-hydrogen) atoms. The Balaban J connectivity index is 2.53. The Bertz CT molecular complexity index is 633. The van der Waals surface area contributed by atoms with Crippen molar-refractivity contribution in [2.45, 2.75) is 33.3 Å². The van der Waals surface area contributed by atoms with Crippen molar-refractivity contribution in [3.63, 3.8) is 0 Å². The fourth-order valence-corrected chi connectivity index (χ4v) is 2.07. The Morgan fingerprint density at radius 2 is 1.88 bits per heavy atom. The van der Waals surface area contributed by atoms with Crippen LogP contribution in [0.5, 0.6) is 5.75 Å². The summed E-state index contributed by atoms with van der Waals surface area (Å²) < 4.78 is 10.5. The number of nitrogens with zero attached hydrogens (tertiary/aromatic N) is 1. The Morgan fingerprint density at radius 1 is 1.24 bits per heavy atom. The Kier molecular flexibility index (Phi) is 7.48. The van der Waals surface area contributed by atoms with Gasteiger partial charge in [0, 0.05) is 31.8 Å². The quantitative estimate of drug-likeness (QED) is 0.802. The van der Waals surface area contributed by atoms with Crippen LogP contribution in [0, 0.1) is 0 Å². The molecule has 0 saturated heterocycles. The van der Waals surface area contributed by atoms with Crippen LogP contribution in [0.1, 0.15) is 33.3 Å². The second kappa shape index (κ2) is 9.11. The van der Waals surface area contributed by atoms with Crippen LogP contribution in [0.15, 0.2) is 30.3 Å². The zero-order valence-electron chi connectivity index (χ0n) is 15.9. The van der Waals surface area contributed by atoms with E-state index in [1.165, 1.54) is 11.0 Å². The summed E-state index contributed by atoms with van der Waals surface area (Å²) in [5, 5.41) is 2.76. The highest BCUT2D eigenvalue weighted by atomic mass is 16.6. The van der Waals surface area contributed by atoms with E-state index in [0.29, 0.717) is 18.8 Å². The number of carbonyl (C=O) groups is 2. The molecular formula is C19H28N2O4. The number of hydrogen-bond donors (Lipinski definition) is 1. The number of amides is 2. The third kappa shape index (κ3) is 7.28. The van der Waals surface area contributed by atoms with Gasteiger partial charge in [-0.2, -0.15) is 0 Å². The van der Waals surface area contributed by atoms with Crippen molar-refractivity contribution in [1.29, 1.82) is 0 Å². The molecule has 6 nitrogen and oxygen atoms in total. The first-order valence-electron chi connectivity index (χ1n) is 8.17. The number of benzene rings is 1. The Morgan fingerprint density at radius 3 is 2.48 bits per heavy atom. The minimum absolute atomic E-state index is 0.221. The monoisotopic (exact) mass is 348 g/mol. The van der Waals surface area contributed by atoms with Gasteiger partial charge in [0.2, 0.25) is 5.91 Å². The molecule has 2 amide bonds. The van der Waals surface area contributed by atoms with Gasteiger partial charge in [-0.05, 0) is 39.3 Å². The SMILES string of the molecule is COc1ccccc1/C(C)=C/C(=O)NCCN(C)C(=O)OC(C)(C)C. The third-order valence-corrected chi connectivity index (χ3v) is 3.33. The highest BCUT2D eigenvalue weighted by Crippen LogP contribution is 2.24. The molecular weight excluding hydrogens is 320 g/mol. The summed E-state index contributed by atoms with van der Waals surface area (Å²) in [7, 11) is 3.23. The van der Waals surface area contributed by atoms with E-state index in [-0.39, 0.29) is 5.91 Å². The number of rotatable bonds is 6. The minimum Gasteiger partial charge on any atom is -0.496 e. The van der Waals surface area contributed by atoms with E-state index in [9.17, 15) is 9.59 Å². The second-order valence-electron chi connectivity index (χ2n) is 6.72. The van der Waals surface area contributed by atoms with Crippen molar-refractivity contribution in [3.05, 3.63) is 35.9 Å². The summed E-state index contributed by atoms with van der Waals surface area (Å²) in [5.74, 6) is 0.495. The van der Waals surface area contributed by atoms with Gasteiger partial charge in [0.25, 0.3) is 0 Å². The summed E-state index contributed by atoms with van der Waals surface area (Å²) in [6, 6.07) is 7.51. The molecule has 1 aromatic rings. The predicted molar refractivity (Wildman–Crippen MR) is 98.5 cm³/mol. The van der Waals surface area contributed by atoms with Crippen molar-refractivity contribution < 1.29 is 19.1 Å². The molecule has 6 heteroatoms. The molecule has 0 spiro atoms. The maximum absolute atomic E-state index is 12.0. The molecule has 0 fully saturated rings. The molecule has 0 heterocycles. The lowest BCUT2D eigenvalue weighted by atomic mass is 10.1. The average Bonchev–Trinajstić information content (AvgIpc) is 2.52. The summed E-state index contributed by atoms with van der Waals surface area (Å²) in [4.78, 5) is 25.3. The van der Waals surface area contributed by atoms with Crippen LogP contribution in [0.3, 0.4) is 0 Å². The van der Waals surface area contributed by atoms with Crippen LogP contribution in [-0.4, -0.2) is 49.7 Å². The van der Waals surface area contributed by atoms with E-state index in [4.69, 9.17) is 9.47 Å². The number of likely N-dealkylation sites (N-methyl/N-ethyl adjacent to an activating group) is 1. The van der Waals surface area contributed by atoms with Gasteiger partial charge in [-0.3, -0.25) is 4.79 Å². The van der Waals surface area contributed by atoms with Gasteiger partial charge in [0.05, 0.1) is 7.11 Å². The van der Waals surface area contributed by atoms with Gasteiger partial charge < -0.3 is 19.7 Å². The lowest BCUT2D eigenvalue weighted by Crippen LogP contribution is -2.38. The van der Waals surface area contributed by atoms with Crippen LogP contribution in [0.4, 0.5) is 4.79 Å². The van der Waals surface area contributed by atoms with Gasteiger partial charge in [-0.25, -0.2) is 4.79 Å². The van der Waals surface area contributed by atoms with Gasteiger partial charge in [-0.1, -0.05) is 18.2 Å². The first-order valence-corrected chi connectivity index (χ1v) is 8.17. The summed E-state index contributed by atoms with van der Waals surface area (Å²) in [6.45, 7) is 7.99. The molecule has 0 bridgehead atoms. The van der Waals surface area contributed by atoms with Crippen LogP contribution < -0.4 is 10.1 Å². The van der Waals surface area contributed by atoms with Crippen molar-refractivity contribution >= 4 is 17.6 Å². The average molecular weight is 348 g/mol. The topological polar surface area (TPSA) is 67.9 Å². The van der Waals surface area contributed by atoms with Crippen LogP contribution >= 0.6 is 0 Å². The lowest BCUT2D eigenvalue weighted by molar-refractivity contribution is -0.116. The number of hydrogen-bond acceptors (Lipinski definition) is 4. The Labute approximate surface area is 149 Å². The highest BCUT2D eigenvalue weighted by molar-refractivity contribution is 5.95. The van der Waals surface area contributed by atoms with Crippen molar-refractivity contribution in [3.8, 4) is 5.75 Å². The number of para-hydroxylation sites is 1. The van der Waals surface area contributed by atoms with Crippen LogP contribution in [0.25, 0.3) is 5.57 Å². The van der Waals surface area contributed by atoms with E-state index in [1.807, 2.05) is 52.0 Å². The fourth-order valence-electron chi connectivity index (χ4n) is 2.07. The maximum Gasteiger partial charge on any atom is 0.410 e. The first-order chi connectivity index (χ1) is 11.6. The van der Waals surface area contributed by atoms with Gasteiger partial charge in [-0.15, -0.1) is 0 Å². The molecule has 0 aliphatic carbocycles. The smallest absolute Gasteiger partial charge is 0.410 e. The number of methoxy groups -OCH3 is 1. The molecule has 0 radical (unpaired) electrons. The second-order valence-corrected chi connectivity index (χ2v) is 6.72. The van der Waals surface area contributed by atoms with Gasteiger partial charge in [0.1, 0.15) is 11.4 Å². The molecule has 0 unspecified atom stereocenters. The fraction of sp³-hybridized carbons (Fsp3) is 0.474. The minimum atomic E-state index is -0.539. The van der Waals surface area contributed by atoms with Crippen LogP contribution in [0.2, 0.25) is 0 Å². The number of carbonyl (C=O) groups excluding carboxylic acids is 2. The highest BCUT2D eigenvalue weighted by Gasteiger charge is 2.19. The molecule has 138 valence electrons. The van der Waals surface area contributed by atoms with E-state index in [0.717, 1.165) is 11.1 Å². The first kappa shape index (κ1) is 20.5. The van der Waals surface area contributed by atoms with Crippen molar-refractivity contribution in [1.82, 2.24) is 10.2 Å². The number of allylic oxidation sites excluding steroid dienone is 1. The van der Waals surface area contributed by atoms with E-state index < -0.39 is 11.7 Å². The van der Waals surface area contributed by atoms with E-state index in [2.05, 4.69) is 5.32 Å². The number of nitrogens with one attached hydrogen (secondary N) is 1. The number of ether oxygens (including phenoxy) is 2. The zero-order chi connectivity index (χ0) is 19.0. The third-order valence-electron chi connectivity index (χ3n) is 3.33. The van der Waals surface area contributed by atoms with Crippen LogP contribution in [-0.2, 0) is 9.53 Å². The molecule has 0 saturated carbocycles. The molecule has 1 rings (SSSR count). The normalized spacial score (nSPS) is 11.7. The van der Waals surface area contributed by atoms with Crippen molar-refractivity contribution in [2.24, 2.45) is 0 Å². The molecule has 0 aliphatic heterocycles. The Hall–Kier alpha value is -2.50. The molecule has 0 aliphatic rings. The summed E-state index contributed by atoms with van der Waals surface area (Å²) in [6.07, 6.45) is 1.10. The van der Waals surface area contributed by atoms with Crippen molar-refractivity contribution in [2.75, 3.05) is 27.2 Å². The molecule has 1 N–H and O–H groups in total. The summed E-state index contributed by atoms with van der Waals surface area (Å²) >= 11 is 0. The standard InChI is InChI=1S/C19H28N2O4/c1-14(15-9-7-8-10-16(15)24-6)13-17(22)20-11-12-21(5)18(23)25-19(2,3)4/h7-10,13H,11-12H2,1-6H3,(H,20,22)/b14-13+. The molecule has 0 atom stereocenters. The zero-order valence-corrected chi connectivity index (χ0v) is 15.9. The van der Waals surface area contributed by atoms with E-state index in [1.54, 1.807) is 14.2 Å². The predicted octanol–water partition coefficient (Wildman–Crippen LogP) is 3.08. The van der Waals surface area contributed by atoms with Gasteiger partial charge >= 0.3 is 6.09 Å². The van der Waals surface area contributed by atoms with E-state index >= 15 is 0 Å². The lowest BCUT2D eigenvalue weighted by Gasteiger charge is -2.24. The largest absolute Gasteiger partial charge is 0.496 e. The summed E-state index contributed by atoms with van der Waals surface area (Å²) in [5.41, 5.74) is 1.13. The maximum atomic E-state index is 12.0. The molecule has 1 aromatic carbocycles. The van der Waals surface area contributed by atoms with Gasteiger partial charge in [0.15, 0.2) is 0 Å². The molecule has 0 aromatic heterocycles.